The van der Waals surface area contributed by atoms with Crippen molar-refractivity contribution in [3.8, 4) is 0 Å². The van der Waals surface area contributed by atoms with Gasteiger partial charge in [0, 0.05) is 29.6 Å². The van der Waals surface area contributed by atoms with Gasteiger partial charge in [-0.05, 0) is 76.1 Å². The summed E-state index contributed by atoms with van der Waals surface area (Å²) in [6.07, 6.45) is 3.76. The van der Waals surface area contributed by atoms with Crippen LogP contribution in [0.2, 0.25) is 0 Å². The van der Waals surface area contributed by atoms with E-state index in [2.05, 4.69) is 43.7 Å². The Kier molecular flexibility index (Phi) is 5.60. The second-order valence-corrected chi connectivity index (χ2v) is 7.87. The maximum absolute atomic E-state index is 14.9. The molecule has 0 atom stereocenters. The Labute approximate surface area is 171 Å². The van der Waals surface area contributed by atoms with Crippen LogP contribution in [-0.4, -0.2) is 31.4 Å². The van der Waals surface area contributed by atoms with Crippen molar-refractivity contribution >= 4 is 29.1 Å². The highest BCUT2D eigenvalue weighted by atomic mass is 19.1. The fourth-order valence-corrected chi connectivity index (χ4v) is 3.98. The monoisotopic (exact) mass is 394 g/mol. The van der Waals surface area contributed by atoms with Crippen molar-refractivity contribution in [1.82, 2.24) is 0 Å². The summed E-state index contributed by atoms with van der Waals surface area (Å²) in [5.41, 5.74) is 5.29. The van der Waals surface area contributed by atoms with Crippen molar-refractivity contribution in [2.24, 2.45) is 4.99 Å². The second kappa shape index (κ2) is 7.82. The number of carbonyl (C=O) groups is 1. The third-order valence-corrected chi connectivity index (χ3v) is 5.37. The van der Waals surface area contributed by atoms with Gasteiger partial charge in [0.25, 0.3) is 0 Å². The lowest BCUT2D eigenvalue weighted by Crippen LogP contribution is -2.45. The Bertz CT molecular complexity index is 1020. The summed E-state index contributed by atoms with van der Waals surface area (Å²) in [6, 6.07) is 8.57. The number of nitrogens with zero attached hydrogens (tertiary/aromatic N) is 2. The number of aliphatic imine (C=N–C) groups is 1. The van der Waals surface area contributed by atoms with E-state index in [1.807, 2.05) is 13.0 Å². The third kappa shape index (κ3) is 3.95. The summed E-state index contributed by atoms with van der Waals surface area (Å²) in [7, 11) is 1.35. The number of hydrogen-bond donors (Lipinski definition) is 0. The van der Waals surface area contributed by atoms with Crippen molar-refractivity contribution in [2.45, 2.75) is 40.2 Å². The molecule has 0 saturated heterocycles. The first-order valence-corrected chi connectivity index (χ1v) is 9.72. The van der Waals surface area contributed by atoms with Crippen LogP contribution in [0.5, 0.6) is 0 Å². The zero-order chi connectivity index (χ0) is 21.3. The Balaban J connectivity index is 1.98. The number of carbonyl (C=O) groups excluding carboxylic acids is 1. The third-order valence-electron chi connectivity index (χ3n) is 5.37. The molecular formula is C24H27FN2O2. The Morgan fingerprint density at radius 3 is 2.59 bits per heavy atom. The van der Waals surface area contributed by atoms with Gasteiger partial charge in [0.15, 0.2) is 0 Å². The van der Waals surface area contributed by atoms with Gasteiger partial charge in [0.2, 0.25) is 0 Å². The zero-order valence-electron chi connectivity index (χ0n) is 17.8. The molecule has 29 heavy (non-hydrogen) atoms. The molecular weight excluding hydrogens is 367 g/mol. The topological polar surface area (TPSA) is 41.9 Å². The minimum atomic E-state index is -0.393. The maximum atomic E-state index is 14.9. The molecule has 1 heterocycles. The van der Waals surface area contributed by atoms with Gasteiger partial charge in [-0.1, -0.05) is 6.08 Å². The van der Waals surface area contributed by atoms with Crippen molar-refractivity contribution in [1.29, 1.82) is 0 Å². The summed E-state index contributed by atoms with van der Waals surface area (Å²) in [4.78, 5) is 18.3. The Hall–Kier alpha value is -2.95. The molecule has 2 aromatic rings. The Morgan fingerprint density at radius 1 is 1.24 bits per heavy atom. The second-order valence-electron chi connectivity index (χ2n) is 7.87. The SMILES string of the molecule is CCN1c2cc(F)c(C=Nc3ccc(C(=O)OC)cc3C)cc2C(C)=CC1(C)C. The van der Waals surface area contributed by atoms with E-state index in [-0.39, 0.29) is 11.4 Å². The van der Waals surface area contributed by atoms with Crippen LogP contribution in [0.3, 0.4) is 0 Å². The van der Waals surface area contributed by atoms with Gasteiger partial charge in [0.1, 0.15) is 5.82 Å². The molecule has 5 heteroatoms. The molecule has 2 aromatic carbocycles. The van der Waals surface area contributed by atoms with E-state index >= 15 is 0 Å². The molecule has 0 spiro atoms. The van der Waals surface area contributed by atoms with E-state index in [1.165, 1.54) is 7.11 Å². The quantitative estimate of drug-likeness (QED) is 0.494. The highest BCUT2D eigenvalue weighted by Crippen LogP contribution is 2.39. The van der Waals surface area contributed by atoms with E-state index in [1.54, 1.807) is 30.5 Å². The average molecular weight is 394 g/mol. The summed E-state index contributed by atoms with van der Waals surface area (Å²) < 4.78 is 19.6. The number of methoxy groups -OCH3 is 1. The van der Waals surface area contributed by atoms with Crippen LogP contribution < -0.4 is 4.90 Å². The van der Waals surface area contributed by atoms with Crippen LogP contribution in [0.15, 0.2) is 41.4 Å². The van der Waals surface area contributed by atoms with Gasteiger partial charge < -0.3 is 9.64 Å². The number of allylic oxidation sites excluding steroid dienone is 1. The van der Waals surface area contributed by atoms with Crippen LogP contribution in [0.4, 0.5) is 15.8 Å². The standard InChI is InChI=1S/C24H27FN2O2/c1-7-27-22-12-20(25)18(11-19(22)16(3)13-24(27,4)5)14-26-21-9-8-17(10-15(21)2)23(28)29-6/h8-14H,7H2,1-6H3. The molecule has 0 amide bonds. The molecule has 152 valence electrons. The molecule has 3 rings (SSSR count). The van der Waals surface area contributed by atoms with E-state index in [4.69, 9.17) is 4.74 Å². The van der Waals surface area contributed by atoms with Gasteiger partial charge >= 0.3 is 5.97 Å². The molecule has 4 nitrogen and oxygen atoms in total. The molecule has 0 saturated carbocycles. The lowest BCUT2D eigenvalue weighted by atomic mass is 9.88. The fraction of sp³-hybridized carbons (Fsp3) is 0.333. The van der Waals surface area contributed by atoms with Gasteiger partial charge in [0.05, 0.1) is 23.9 Å². The van der Waals surface area contributed by atoms with Crippen molar-refractivity contribution in [3.05, 3.63) is 64.5 Å². The smallest absolute Gasteiger partial charge is 0.337 e. The van der Waals surface area contributed by atoms with Crippen LogP contribution in [0.1, 0.15) is 54.7 Å². The zero-order valence-corrected chi connectivity index (χ0v) is 17.8. The normalized spacial score (nSPS) is 15.3. The average Bonchev–Trinajstić information content (AvgIpc) is 2.66. The fourth-order valence-electron chi connectivity index (χ4n) is 3.98. The molecule has 0 radical (unpaired) electrons. The lowest BCUT2D eigenvalue weighted by Gasteiger charge is -2.42. The van der Waals surface area contributed by atoms with E-state index in [9.17, 15) is 9.18 Å². The highest BCUT2D eigenvalue weighted by molar-refractivity contribution is 5.91. The number of hydrogen-bond acceptors (Lipinski definition) is 4. The molecule has 1 aliphatic heterocycles. The first-order chi connectivity index (χ1) is 13.7. The first kappa shape index (κ1) is 20.8. The largest absolute Gasteiger partial charge is 0.465 e. The summed E-state index contributed by atoms with van der Waals surface area (Å²) in [6.45, 7) is 11.1. The van der Waals surface area contributed by atoms with Crippen molar-refractivity contribution < 1.29 is 13.9 Å². The number of fused-ring (bicyclic) bond motifs is 1. The number of likely N-dealkylation sites (N-methyl/N-ethyl adjacent to an activating group) is 1. The first-order valence-electron chi connectivity index (χ1n) is 9.72. The van der Waals surface area contributed by atoms with Gasteiger partial charge in [-0.15, -0.1) is 0 Å². The highest BCUT2D eigenvalue weighted by Gasteiger charge is 2.30. The van der Waals surface area contributed by atoms with Gasteiger partial charge in [-0.25, -0.2) is 9.18 Å². The number of rotatable bonds is 4. The number of benzene rings is 2. The molecule has 0 fully saturated rings. The summed E-state index contributed by atoms with van der Waals surface area (Å²) >= 11 is 0. The number of aryl methyl sites for hydroxylation is 1. The summed E-state index contributed by atoms with van der Waals surface area (Å²) in [5, 5.41) is 0. The molecule has 0 unspecified atom stereocenters. The van der Waals surface area contributed by atoms with Crippen LogP contribution in [-0.2, 0) is 4.74 Å². The van der Waals surface area contributed by atoms with Crippen LogP contribution in [0.25, 0.3) is 5.57 Å². The number of halogens is 1. The molecule has 0 N–H and O–H groups in total. The van der Waals surface area contributed by atoms with Crippen molar-refractivity contribution in [2.75, 3.05) is 18.6 Å². The van der Waals surface area contributed by atoms with E-state index in [0.717, 1.165) is 28.9 Å². The summed E-state index contributed by atoms with van der Waals surface area (Å²) in [5.74, 6) is -0.699. The number of esters is 1. The molecule has 1 aliphatic rings. The molecule has 0 bridgehead atoms. The Morgan fingerprint density at radius 2 is 1.97 bits per heavy atom. The van der Waals surface area contributed by atoms with Gasteiger partial charge in [-0.3, -0.25) is 4.99 Å². The minimum Gasteiger partial charge on any atom is -0.465 e. The molecule has 0 aromatic heterocycles. The van der Waals surface area contributed by atoms with Crippen LogP contribution in [0, 0.1) is 12.7 Å². The maximum Gasteiger partial charge on any atom is 0.337 e. The molecule has 0 aliphatic carbocycles. The van der Waals surface area contributed by atoms with Crippen molar-refractivity contribution in [3.63, 3.8) is 0 Å². The predicted molar refractivity (Wildman–Crippen MR) is 117 cm³/mol. The minimum absolute atomic E-state index is 0.160. The van der Waals surface area contributed by atoms with E-state index in [0.29, 0.717) is 16.8 Å². The van der Waals surface area contributed by atoms with E-state index < -0.39 is 5.97 Å². The van der Waals surface area contributed by atoms with Gasteiger partial charge in [-0.2, -0.15) is 0 Å². The number of anilines is 1. The lowest BCUT2D eigenvalue weighted by molar-refractivity contribution is 0.0600. The number of ether oxygens (including phenoxy) is 1. The van der Waals surface area contributed by atoms with Crippen LogP contribution >= 0.6 is 0 Å². The predicted octanol–water partition coefficient (Wildman–Crippen LogP) is 5.69.